The van der Waals surface area contributed by atoms with Crippen molar-refractivity contribution in [3.05, 3.63) is 29.3 Å². The number of benzene rings is 1. The molecular weight excluding hydrogens is 176 g/mol. The summed E-state index contributed by atoms with van der Waals surface area (Å²) in [6.45, 7) is 4.32. The zero-order valence-corrected chi connectivity index (χ0v) is 9.08. The van der Waals surface area contributed by atoms with Gasteiger partial charge in [0.2, 0.25) is 0 Å². The van der Waals surface area contributed by atoms with Crippen LogP contribution in [-0.4, -0.2) is 18.8 Å². The van der Waals surface area contributed by atoms with E-state index in [1.807, 2.05) is 19.9 Å². The van der Waals surface area contributed by atoms with Gasteiger partial charge in [-0.3, -0.25) is 0 Å². The Kier molecular flexibility index (Phi) is 3.96. The summed E-state index contributed by atoms with van der Waals surface area (Å²) in [5.74, 6) is 1.24. The van der Waals surface area contributed by atoms with Gasteiger partial charge in [-0.2, -0.15) is 0 Å². The molecule has 1 N–H and O–H groups in total. The lowest BCUT2D eigenvalue weighted by molar-refractivity contribution is 0.237. The first-order valence-electron chi connectivity index (χ1n) is 4.91. The standard InChI is InChI=1S/C12H18O2/c1-9(8-13)6-11-4-5-12(14-3)10(2)7-11/h4-5,7,9,13H,6,8H2,1-3H3. The average molecular weight is 194 g/mol. The van der Waals surface area contributed by atoms with Crippen LogP contribution in [0.3, 0.4) is 0 Å². The van der Waals surface area contributed by atoms with Crippen LogP contribution in [0.25, 0.3) is 0 Å². The third kappa shape index (κ3) is 2.74. The van der Waals surface area contributed by atoms with Crippen molar-refractivity contribution in [2.75, 3.05) is 13.7 Å². The first-order chi connectivity index (χ1) is 6.67. The van der Waals surface area contributed by atoms with Gasteiger partial charge in [0.1, 0.15) is 5.75 Å². The summed E-state index contributed by atoms with van der Waals surface area (Å²) >= 11 is 0. The molecule has 1 atom stereocenters. The summed E-state index contributed by atoms with van der Waals surface area (Å²) in [4.78, 5) is 0. The van der Waals surface area contributed by atoms with Gasteiger partial charge in [0.25, 0.3) is 0 Å². The smallest absolute Gasteiger partial charge is 0.121 e. The molecule has 1 unspecified atom stereocenters. The summed E-state index contributed by atoms with van der Waals surface area (Å²) in [5, 5.41) is 8.94. The van der Waals surface area contributed by atoms with E-state index in [1.54, 1.807) is 7.11 Å². The van der Waals surface area contributed by atoms with Crippen LogP contribution in [0.15, 0.2) is 18.2 Å². The van der Waals surface area contributed by atoms with E-state index in [1.165, 1.54) is 5.56 Å². The lowest BCUT2D eigenvalue weighted by Gasteiger charge is -2.10. The van der Waals surface area contributed by atoms with Crippen molar-refractivity contribution in [3.63, 3.8) is 0 Å². The Balaban J connectivity index is 2.76. The van der Waals surface area contributed by atoms with Gasteiger partial charge in [0.15, 0.2) is 0 Å². The van der Waals surface area contributed by atoms with Crippen LogP contribution in [0, 0.1) is 12.8 Å². The molecule has 0 aliphatic rings. The molecule has 0 fully saturated rings. The molecule has 2 nitrogen and oxygen atoms in total. The summed E-state index contributed by atoms with van der Waals surface area (Å²) in [7, 11) is 1.68. The normalized spacial score (nSPS) is 12.6. The third-order valence-electron chi connectivity index (χ3n) is 2.36. The van der Waals surface area contributed by atoms with E-state index in [4.69, 9.17) is 9.84 Å². The summed E-state index contributed by atoms with van der Waals surface area (Å²) in [6, 6.07) is 6.15. The topological polar surface area (TPSA) is 29.5 Å². The molecule has 78 valence electrons. The number of ether oxygens (including phenoxy) is 1. The molecule has 0 bridgehead atoms. The van der Waals surface area contributed by atoms with Crippen LogP contribution in [0.2, 0.25) is 0 Å². The lowest BCUT2D eigenvalue weighted by Crippen LogP contribution is -2.04. The Labute approximate surface area is 85.5 Å². The summed E-state index contributed by atoms with van der Waals surface area (Å²) in [5.41, 5.74) is 2.40. The number of hydrogen-bond acceptors (Lipinski definition) is 2. The fraction of sp³-hybridized carbons (Fsp3) is 0.500. The highest BCUT2D eigenvalue weighted by molar-refractivity contribution is 5.36. The Morgan fingerprint density at radius 3 is 2.64 bits per heavy atom. The van der Waals surface area contributed by atoms with Crippen molar-refractivity contribution in [2.24, 2.45) is 5.92 Å². The minimum absolute atomic E-state index is 0.241. The van der Waals surface area contributed by atoms with Gasteiger partial charge in [0.05, 0.1) is 7.11 Å². The van der Waals surface area contributed by atoms with E-state index in [-0.39, 0.29) is 6.61 Å². The third-order valence-corrected chi connectivity index (χ3v) is 2.36. The number of aryl methyl sites for hydroxylation is 1. The molecule has 0 aromatic heterocycles. The van der Waals surface area contributed by atoms with E-state index in [2.05, 4.69) is 12.1 Å². The van der Waals surface area contributed by atoms with Crippen molar-refractivity contribution < 1.29 is 9.84 Å². The van der Waals surface area contributed by atoms with Gasteiger partial charge < -0.3 is 9.84 Å². The van der Waals surface area contributed by atoms with Gasteiger partial charge in [-0.1, -0.05) is 19.1 Å². The highest BCUT2D eigenvalue weighted by atomic mass is 16.5. The maximum Gasteiger partial charge on any atom is 0.121 e. The molecule has 2 heteroatoms. The molecule has 0 spiro atoms. The average Bonchev–Trinajstić information content (AvgIpc) is 2.18. The first kappa shape index (κ1) is 11.1. The minimum Gasteiger partial charge on any atom is -0.496 e. The Morgan fingerprint density at radius 1 is 1.43 bits per heavy atom. The number of aliphatic hydroxyl groups excluding tert-OH is 1. The molecule has 14 heavy (non-hydrogen) atoms. The van der Waals surface area contributed by atoms with Crippen LogP contribution >= 0.6 is 0 Å². The molecule has 0 radical (unpaired) electrons. The van der Waals surface area contributed by atoms with Crippen molar-refractivity contribution in [1.82, 2.24) is 0 Å². The fourth-order valence-electron chi connectivity index (χ4n) is 1.53. The molecule has 0 saturated carbocycles. The largest absolute Gasteiger partial charge is 0.496 e. The van der Waals surface area contributed by atoms with Gasteiger partial charge >= 0.3 is 0 Å². The predicted octanol–water partition coefficient (Wildman–Crippen LogP) is 2.17. The van der Waals surface area contributed by atoms with Crippen molar-refractivity contribution in [3.8, 4) is 5.75 Å². The Morgan fingerprint density at radius 2 is 2.14 bits per heavy atom. The van der Waals surface area contributed by atoms with Crippen LogP contribution in [0.1, 0.15) is 18.1 Å². The number of aliphatic hydroxyl groups is 1. The number of methoxy groups -OCH3 is 1. The zero-order chi connectivity index (χ0) is 10.6. The van der Waals surface area contributed by atoms with Crippen LogP contribution < -0.4 is 4.74 Å². The van der Waals surface area contributed by atoms with Crippen molar-refractivity contribution in [2.45, 2.75) is 20.3 Å². The van der Waals surface area contributed by atoms with Gasteiger partial charge in [-0.15, -0.1) is 0 Å². The van der Waals surface area contributed by atoms with E-state index in [0.29, 0.717) is 5.92 Å². The molecular formula is C12H18O2. The lowest BCUT2D eigenvalue weighted by atomic mass is 10.0. The van der Waals surface area contributed by atoms with Crippen LogP contribution in [0.4, 0.5) is 0 Å². The second-order valence-corrected chi connectivity index (χ2v) is 3.80. The first-order valence-corrected chi connectivity index (χ1v) is 4.91. The van der Waals surface area contributed by atoms with Gasteiger partial charge in [-0.05, 0) is 36.5 Å². The van der Waals surface area contributed by atoms with Gasteiger partial charge in [0, 0.05) is 6.61 Å². The molecule has 0 amide bonds. The van der Waals surface area contributed by atoms with Crippen LogP contribution in [0.5, 0.6) is 5.75 Å². The van der Waals surface area contributed by atoms with E-state index < -0.39 is 0 Å². The number of rotatable bonds is 4. The second-order valence-electron chi connectivity index (χ2n) is 3.80. The molecule has 0 aliphatic heterocycles. The molecule has 0 heterocycles. The Hall–Kier alpha value is -1.02. The van der Waals surface area contributed by atoms with E-state index in [9.17, 15) is 0 Å². The molecule has 1 aromatic rings. The highest BCUT2D eigenvalue weighted by Gasteiger charge is 2.04. The maximum absolute atomic E-state index is 8.94. The van der Waals surface area contributed by atoms with E-state index >= 15 is 0 Å². The highest BCUT2D eigenvalue weighted by Crippen LogP contribution is 2.20. The van der Waals surface area contributed by atoms with E-state index in [0.717, 1.165) is 17.7 Å². The quantitative estimate of drug-likeness (QED) is 0.796. The summed E-state index contributed by atoms with van der Waals surface area (Å²) < 4.78 is 5.18. The van der Waals surface area contributed by atoms with Gasteiger partial charge in [-0.25, -0.2) is 0 Å². The van der Waals surface area contributed by atoms with Crippen LogP contribution in [-0.2, 0) is 6.42 Å². The molecule has 0 aliphatic carbocycles. The molecule has 1 rings (SSSR count). The maximum atomic E-state index is 8.94. The zero-order valence-electron chi connectivity index (χ0n) is 9.08. The Bertz CT molecular complexity index is 294. The predicted molar refractivity (Wildman–Crippen MR) is 57.7 cm³/mol. The van der Waals surface area contributed by atoms with Crippen molar-refractivity contribution >= 4 is 0 Å². The molecule has 0 saturated heterocycles. The SMILES string of the molecule is COc1ccc(CC(C)CO)cc1C. The minimum atomic E-state index is 0.241. The number of hydrogen-bond donors (Lipinski definition) is 1. The molecule has 1 aromatic carbocycles. The summed E-state index contributed by atoms with van der Waals surface area (Å²) in [6.07, 6.45) is 0.918. The second kappa shape index (κ2) is 5.01. The monoisotopic (exact) mass is 194 g/mol. The van der Waals surface area contributed by atoms with Crippen molar-refractivity contribution in [1.29, 1.82) is 0 Å². The fourth-order valence-corrected chi connectivity index (χ4v) is 1.53.